The first-order chi connectivity index (χ1) is 8.20. The number of carboxylic acid groups (broad SMARTS) is 1. The van der Waals surface area contributed by atoms with Crippen LogP contribution in [0.15, 0.2) is 42.5 Å². The van der Waals surface area contributed by atoms with Crippen LogP contribution in [0.5, 0.6) is 5.75 Å². The molecule has 1 N–H and O–H groups in total. The minimum absolute atomic E-state index is 0.161. The predicted octanol–water partition coefficient (Wildman–Crippen LogP) is 2.11. The van der Waals surface area contributed by atoms with Crippen molar-refractivity contribution in [1.29, 1.82) is 0 Å². The monoisotopic (exact) mass is 236 g/mol. The molecule has 0 aliphatic rings. The molecule has 0 atom stereocenters. The second-order valence-electron chi connectivity index (χ2n) is 3.43. The maximum absolute atomic E-state index is 10.4. The molecule has 0 saturated heterocycles. The van der Waals surface area contributed by atoms with Crippen molar-refractivity contribution in [2.75, 3.05) is 19.8 Å². The molecule has 0 fully saturated rings. The highest BCUT2D eigenvalue weighted by molar-refractivity contribution is 5.85. The van der Waals surface area contributed by atoms with Crippen LogP contribution in [0.3, 0.4) is 0 Å². The van der Waals surface area contributed by atoms with Gasteiger partial charge in [-0.2, -0.15) is 0 Å². The molecular formula is C13H16O4. The summed E-state index contributed by atoms with van der Waals surface area (Å²) < 4.78 is 10.6. The van der Waals surface area contributed by atoms with E-state index in [1.54, 1.807) is 0 Å². The average molecular weight is 236 g/mol. The number of hydrogen-bond acceptors (Lipinski definition) is 3. The highest BCUT2D eigenvalue weighted by Crippen LogP contribution is 2.07. The van der Waals surface area contributed by atoms with Crippen molar-refractivity contribution in [1.82, 2.24) is 0 Å². The van der Waals surface area contributed by atoms with Gasteiger partial charge in [0.05, 0.1) is 13.2 Å². The molecule has 0 saturated carbocycles. The zero-order chi connectivity index (χ0) is 12.5. The molecule has 1 rings (SSSR count). The van der Waals surface area contributed by atoms with Gasteiger partial charge in [0, 0.05) is 12.0 Å². The Morgan fingerprint density at radius 2 is 1.88 bits per heavy atom. The minimum Gasteiger partial charge on any atom is -0.491 e. The Labute approximate surface area is 100 Å². The van der Waals surface area contributed by atoms with Gasteiger partial charge in [0.2, 0.25) is 0 Å². The van der Waals surface area contributed by atoms with Gasteiger partial charge in [0.15, 0.2) is 0 Å². The van der Waals surface area contributed by atoms with Crippen LogP contribution in [0, 0.1) is 0 Å². The first-order valence-corrected chi connectivity index (χ1v) is 5.37. The van der Waals surface area contributed by atoms with E-state index in [-0.39, 0.29) is 5.57 Å². The summed E-state index contributed by atoms with van der Waals surface area (Å²) in [5.74, 6) is -0.180. The highest BCUT2D eigenvalue weighted by Gasteiger charge is 2.02. The van der Waals surface area contributed by atoms with Gasteiger partial charge in [-0.25, -0.2) is 4.79 Å². The predicted molar refractivity (Wildman–Crippen MR) is 64.1 cm³/mol. The fourth-order valence-electron chi connectivity index (χ4n) is 1.14. The number of carboxylic acids is 1. The molecule has 0 radical (unpaired) electrons. The minimum atomic E-state index is -0.978. The quantitative estimate of drug-likeness (QED) is 0.555. The third kappa shape index (κ3) is 5.73. The number of carbonyl (C=O) groups is 1. The number of rotatable bonds is 8. The average Bonchev–Trinajstić information content (AvgIpc) is 2.34. The van der Waals surface area contributed by atoms with E-state index in [9.17, 15) is 4.79 Å². The summed E-state index contributed by atoms with van der Waals surface area (Å²) in [6.45, 7) is 4.64. The number of benzene rings is 1. The molecule has 0 spiro atoms. The summed E-state index contributed by atoms with van der Waals surface area (Å²) in [4.78, 5) is 10.4. The lowest BCUT2D eigenvalue weighted by atomic mass is 10.2. The van der Waals surface area contributed by atoms with E-state index in [0.29, 0.717) is 26.2 Å². The zero-order valence-corrected chi connectivity index (χ0v) is 9.59. The van der Waals surface area contributed by atoms with Crippen LogP contribution in [-0.4, -0.2) is 30.9 Å². The fourth-order valence-corrected chi connectivity index (χ4v) is 1.14. The molecule has 17 heavy (non-hydrogen) atoms. The molecular weight excluding hydrogens is 220 g/mol. The van der Waals surface area contributed by atoms with Crippen molar-refractivity contribution in [2.45, 2.75) is 6.42 Å². The Bertz CT molecular complexity index is 359. The Morgan fingerprint density at radius 1 is 1.18 bits per heavy atom. The van der Waals surface area contributed by atoms with E-state index in [0.717, 1.165) is 5.75 Å². The molecule has 0 aromatic heterocycles. The molecule has 0 aliphatic carbocycles. The van der Waals surface area contributed by atoms with Gasteiger partial charge in [-0.3, -0.25) is 0 Å². The summed E-state index contributed by atoms with van der Waals surface area (Å²) in [7, 11) is 0. The maximum atomic E-state index is 10.4. The SMILES string of the molecule is C=C(CCOCCOc1ccccc1)C(=O)O. The Kier molecular flexibility index (Phi) is 5.82. The molecule has 92 valence electrons. The summed E-state index contributed by atoms with van der Waals surface area (Å²) >= 11 is 0. The van der Waals surface area contributed by atoms with Gasteiger partial charge >= 0.3 is 5.97 Å². The van der Waals surface area contributed by atoms with Crippen LogP contribution in [0.1, 0.15) is 6.42 Å². The third-order valence-electron chi connectivity index (χ3n) is 2.09. The molecule has 0 amide bonds. The maximum Gasteiger partial charge on any atom is 0.331 e. The molecule has 1 aromatic carbocycles. The largest absolute Gasteiger partial charge is 0.491 e. The second kappa shape index (κ2) is 7.46. The Morgan fingerprint density at radius 3 is 2.53 bits per heavy atom. The molecule has 0 aliphatic heterocycles. The lowest BCUT2D eigenvalue weighted by molar-refractivity contribution is -0.132. The van der Waals surface area contributed by atoms with Crippen LogP contribution in [0.4, 0.5) is 0 Å². The summed E-state index contributed by atoms with van der Waals surface area (Å²) in [6, 6.07) is 9.44. The Hall–Kier alpha value is -1.81. The number of para-hydroxylation sites is 1. The van der Waals surface area contributed by atoms with E-state index in [1.165, 1.54) is 0 Å². The summed E-state index contributed by atoms with van der Waals surface area (Å²) in [5.41, 5.74) is 0.161. The molecule has 0 bridgehead atoms. The van der Waals surface area contributed by atoms with E-state index >= 15 is 0 Å². The molecule has 1 aromatic rings. The lowest BCUT2D eigenvalue weighted by Gasteiger charge is -2.06. The smallest absolute Gasteiger partial charge is 0.331 e. The molecule has 4 nitrogen and oxygen atoms in total. The van der Waals surface area contributed by atoms with Gasteiger partial charge in [-0.1, -0.05) is 24.8 Å². The van der Waals surface area contributed by atoms with Crippen molar-refractivity contribution in [3.63, 3.8) is 0 Å². The lowest BCUT2D eigenvalue weighted by Crippen LogP contribution is -2.09. The van der Waals surface area contributed by atoms with Crippen LogP contribution < -0.4 is 4.74 Å². The van der Waals surface area contributed by atoms with Crippen LogP contribution >= 0.6 is 0 Å². The van der Waals surface area contributed by atoms with Crippen LogP contribution in [0.25, 0.3) is 0 Å². The normalized spacial score (nSPS) is 9.88. The van der Waals surface area contributed by atoms with E-state index in [1.807, 2.05) is 30.3 Å². The molecule has 4 heteroatoms. The summed E-state index contributed by atoms with van der Waals surface area (Å²) in [5, 5.41) is 8.55. The third-order valence-corrected chi connectivity index (χ3v) is 2.09. The Balaban J connectivity index is 2.02. The topological polar surface area (TPSA) is 55.8 Å². The number of hydrogen-bond donors (Lipinski definition) is 1. The number of aliphatic carboxylic acids is 1. The highest BCUT2D eigenvalue weighted by atomic mass is 16.5. The van der Waals surface area contributed by atoms with Gasteiger partial charge in [0.1, 0.15) is 12.4 Å². The van der Waals surface area contributed by atoms with Crippen LogP contribution in [0.2, 0.25) is 0 Å². The van der Waals surface area contributed by atoms with Crippen molar-refractivity contribution in [3.05, 3.63) is 42.5 Å². The molecule has 0 unspecified atom stereocenters. The first-order valence-electron chi connectivity index (χ1n) is 5.37. The van der Waals surface area contributed by atoms with Crippen molar-refractivity contribution in [3.8, 4) is 5.75 Å². The van der Waals surface area contributed by atoms with E-state index < -0.39 is 5.97 Å². The number of ether oxygens (including phenoxy) is 2. The van der Waals surface area contributed by atoms with Gasteiger partial charge in [-0.15, -0.1) is 0 Å². The van der Waals surface area contributed by atoms with E-state index in [4.69, 9.17) is 14.6 Å². The standard InChI is InChI=1S/C13H16O4/c1-11(13(14)15)7-8-16-9-10-17-12-5-3-2-4-6-12/h2-6H,1,7-10H2,(H,14,15). The zero-order valence-electron chi connectivity index (χ0n) is 9.59. The van der Waals surface area contributed by atoms with Gasteiger partial charge in [0.25, 0.3) is 0 Å². The van der Waals surface area contributed by atoms with Crippen LogP contribution in [-0.2, 0) is 9.53 Å². The van der Waals surface area contributed by atoms with E-state index in [2.05, 4.69) is 6.58 Å². The second-order valence-corrected chi connectivity index (χ2v) is 3.43. The van der Waals surface area contributed by atoms with Crippen molar-refractivity contribution in [2.24, 2.45) is 0 Å². The molecule has 0 heterocycles. The van der Waals surface area contributed by atoms with Gasteiger partial charge < -0.3 is 14.6 Å². The van der Waals surface area contributed by atoms with Crippen molar-refractivity contribution < 1.29 is 19.4 Å². The fraction of sp³-hybridized carbons (Fsp3) is 0.308. The summed E-state index contributed by atoms with van der Waals surface area (Å²) in [6.07, 6.45) is 0.334. The first kappa shape index (κ1) is 13.3. The van der Waals surface area contributed by atoms with Crippen molar-refractivity contribution >= 4 is 5.97 Å². The van der Waals surface area contributed by atoms with Gasteiger partial charge in [-0.05, 0) is 12.1 Å².